The van der Waals surface area contributed by atoms with Crippen LogP contribution in [0.3, 0.4) is 0 Å². The maximum absolute atomic E-state index is 13.3. The topological polar surface area (TPSA) is 29.3 Å². The van der Waals surface area contributed by atoms with Crippen LogP contribution >= 0.6 is 0 Å². The molecule has 0 atom stereocenters. The minimum atomic E-state index is -4.34. The molecule has 1 aromatic carbocycles. The lowest BCUT2D eigenvalue weighted by molar-refractivity contribution is -0.137. The molecule has 1 aliphatic rings. The Balaban J connectivity index is 2.34. The molecule has 5 heteroatoms. The van der Waals surface area contributed by atoms with Gasteiger partial charge < -0.3 is 10.6 Å². The first-order valence-electron chi connectivity index (χ1n) is 7.49. The lowest BCUT2D eigenvalue weighted by Gasteiger charge is -2.29. The number of benzene rings is 1. The fourth-order valence-electron chi connectivity index (χ4n) is 2.47. The van der Waals surface area contributed by atoms with Crippen LogP contribution in [0.5, 0.6) is 0 Å². The van der Waals surface area contributed by atoms with E-state index >= 15 is 0 Å². The molecule has 2 nitrogen and oxygen atoms in total. The fraction of sp³-hybridized carbons (Fsp3) is 0.625. The average Bonchev–Trinajstić information content (AvgIpc) is 3.22. The molecule has 118 valence electrons. The average molecular weight is 300 g/mol. The van der Waals surface area contributed by atoms with Crippen molar-refractivity contribution in [1.29, 1.82) is 0 Å². The Morgan fingerprint density at radius 2 is 1.95 bits per heavy atom. The molecule has 2 N–H and O–H groups in total. The maximum Gasteiger partial charge on any atom is 0.418 e. The third kappa shape index (κ3) is 4.13. The van der Waals surface area contributed by atoms with Crippen molar-refractivity contribution in [2.75, 3.05) is 11.4 Å². The van der Waals surface area contributed by atoms with E-state index in [-0.39, 0.29) is 12.6 Å². The van der Waals surface area contributed by atoms with E-state index in [0.29, 0.717) is 23.7 Å². The Labute approximate surface area is 124 Å². The van der Waals surface area contributed by atoms with E-state index in [4.69, 9.17) is 5.73 Å². The standard InChI is InChI=1S/C16H23F3N2/c1-11(2)7-8-21(13-4-5-13)15-6-3-12(10-20)9-14(15)16(17,18)19/h3,6,9,11,13H,4-5,7-8,10,20H2,1-2H3. The summed E-state index contributed by atoms with van der Waals surface area (Å²) >= 11 is 0. The van der Waals surface area contributed by atoms with Crippen LogP contribution in [0.2, 0.25) is 0 Å². The van der Waals surface area contributed by atoms with Gasteiger partial charge in [0.05, 0.1) is 5.56 Å². The highest BCUT2D eigenvalue weighted by Gasteiger charge is 2.38. The molecule has 2 rings (SSSR count). The lowest BCUT2D eigenvalue weighted by atomic mass is 10.1. The summed E-state index contributed by atoms with van der Waals surface area (Å²) in [6.45, 7) is 4.98. The first-order valence-corrected chi connectivity index (χ1v) is 7.49. The van der Waals surface area contributed by atoms with Crippen LogP contribution in [0.15, 0.2) is 18.2 Å². The van der Waals surface area contributed by atoms with Crippen LogP contribution in [0.25, 0.3) is 0 Å². The zero-order valence-corrected chi connectivity index (χ0v) is 12.6. The van der Waals surface area contributed by atoms with E-state index in [2.05, 4.69) is 13.8 Å². The molecule has 1 fully saturated rings. The highest BCUT2D eigenvalue weighted by atomic mass is 19.4. The minimum Gasteiger partial charge on any atom is -0.368 e. The largest absolute Gasteiger partial charge is 0.418 e. The van der Waals surface area contributed by atoms with Crippen LogP contribution < -0.4 is 10.6 Å². The van der Waals surface area contributed by atoms with Crippen molar-refractivity contribution in [3.05, 3.63) is 29.3 Å². The normalized spacial score (nSPS) is 15.6. The molecule has 0 aromatic heterocycles. The molecule has 21 heavy (non-hydrogen) atoms. The van der Waals surface area contributed by atoms with Gasteiger partial charge in [-0.3, -0.25) is 0 Å². The molecule has 1 aromatic rings. The van der Waals surface area contributed by atoms with E-state index in [1.54, 1.807) is 12.1 Å². The van der Waals surface area contributed by atoms with Crippen molar-refractivity contribution in [3.8, 4) is 0 Å². The number of anilines is 1. The number of hydrogen-bond acceptors (Lipinski definition) is 2. The highest BCUT2D eigenvalue weighted by Crippen LogP contribution is 2.41. The molecule has 0 radical (unpaired) electrons. The third-order valence-electron chi connectivity index (χ3n) is 3.85. The van der Waals surface area contributed by atoms with Crippen molar-refractivity contribution in [2.24, 2.45) is 11.7 Å². The Morgan fingerprint density at radius 3 is 2.43 bits per heavy atom. The predicted molar refractivity (Wildman–Crippen MR) is 79.2 cm³/mol. The Hall–Kier alpha value is -1.23. The van der Waals surface area contributed by atoms with Crippen LogP contribution in [-0.2, 0) is 12.7 Å². The predicted octanol–water partition coefficient (Wildman–Crippen LogP) is 4.18. The van der Waals surface area contributed by atoms with Crippen molar-refractivity contribution >= 4 is 5.69 Å². The molecule has 0 amide bonds. The number of nitrogens with two attached hydrogens (primary N) is 1. The highest BCUT2D eigenvalue weighted by molar-refractivity contribution is 5.58. The van der Waals surface area contributed by atoms with Crippen molar-refractivity contribution in [1.82, 2.24) is 0 Å². The number of nitrogens with zero attached hydrogens (tertiary/aromatic N) is 1. The monoisotopic (exact) mass is 300 g/mol. The molecular weight excluding hydrogens is 277 g/mol. The summed E-state index contributed by atoms with van der Waals surface area (Å²) in [5.74, 6) is 0.476. The molecule has 0 saturated heterocycles. The van der Waals surface area contributed by atoms with Gasteiger partial charge in [0.15, 0.2) is 0 Å². The van der Waals surface area contributed by atoms with Gasteiger partial charge in [-0.15, -0.1) is 0 Å². The quantitative estimate of drug-likeness (QED) is 0.854. The summed E-state index contributed by atoms with van der Waals surface area (Å²) in [7, 11) is 0. The maximum atomic E-state index is 13.3. The summed E-state index contributed by atoms with van der Waals surface area (Å²) < 4.78 is 40.0. The minimum absolute atomic E-state index is 0.124. The number of rotatable bonds is 6. The first kappa shape index (κ1) is 16.1. The molecule has 1 saturated carbocycles. The SMILES string of the molecule is CC(C)CCN(c1ccc(CN)cc1C(F)(F)F)C1CC1. The number of halogens is 3. The van der Waals surface area contributed by atoms with Crippen molar-refractivity contribution in [2.45, 2.75) is 51.9 Å². The second-order valence-corrected chi connectivity index (χ2v) is 6.16. The van der Waals surface area contributed by atoms with Gasteiger partial charge in [0.1, 0.15) is 0 Å². The van der Waals surface area contributed by atoms with E-state index in [1.807, 2.05) is 4.90 Å². The Bertz CT molecular complexity index is 479. The summed E-state index contributed by atoms with van der Waals surface area (Å²) in [6, 6.07) is 4.74. The van der Waals surface area contributed by atoms with Crippen LogP contribution in [0, 0.1) is 5.92 Å². The van der Waals surface area contributed by atoms with E-state index in [0.717, 1.165) is 19.3 Å². The summed E-state index contributed by atoms with van der Waals surface area (Å²) in [4.78, 5) is 1.93. The number of alkyl halides is 3. The van der Waals surface area contributed by atoms with Gasteiger partial charge in [0, 0.05) is 24.8 Å². The Kier molecular flexibility index (Phi) is 4.81. The van der Waals surface area contributed by atoms with Crippen LogP contribution in [-0.4, -0.2) is 12.6 Å². The van der Waals surface area contributed by atoms with E-state index in [1.165, 1.54) is 6.07 Å². The molecule has 0 bridgehead atoms. The summed E-state index contributed by atoms with van der Waals surface area (Å²) in [5, 5.41) is 0. The Morgan fingerprint density at radius 1 is 1.29 bits per heavy atom. The van der Waals surface area contributed by atoms with Gasteiger partial charge in [-0.2, -0.15) is 13.2 Å². The molecule has 1 aliphatic carbocycles. The second kappa shape index (κ2) is 6.26. The van der Waals surface area contributed by atoms with Gasteiger partial charge in [-0.05, 0) is 42.9 Å². The van der Waals surface area contributed by atoms with E-state index < -0.39 is 11.7 Å². The zero-order valence-electron chi connectivity index (χ0n) is 12.6. The third-order valence-corrected chi connectivity index (χ3v) is 3.85. The second-order valence-electron chi connectivity index (χ2n) is 6.16. The fourth-order valence-corrected chi connectivity index (χ4v) is 2.47. The first-order chi connectivity index (χ1) is 9.82. The van der Waals surface area contributed by atoms with Crippen LogP contribution in [0.4, 0.5) is 18.9 Å². The molecule has 0 heterocycles. The molecule has 0 aliphatic heterocycles. The van der Waals surface area contributed by atoms with Gasteiger partial charge in [-0.1, -0.05) is 19.9 Å². The number of hydrogen-bond donors (Lipinski definition) is 1. The zero-order chi connectivity index (χ0) is 15.6. The molecular formula is C16H23F3N2. The van der Waals surface area contributed by atoms with E-state index in [9.17, 15) is 13.2 Å². The van der Waals surface area contributed by atoms with Crippen LogP contribution in [0.1, 0.15) is 44.2 Å². The molecule has 0 unspecified atom stereocenters. The van der Waals surface area contributed by atoms with Gasteiger partial charge >= 0.3 is 6.18 Å². The summed E-state index contributed by atoms with van der Waals surface area (Å²) in [6.07, 6.45) is -1.49. The van der Waals surface area contributed by atoms with Crippen molar-refractivity contribution < 1.29 is 13.2 Å². The lowest BCUT2D eigenvalue weighted by Crippen LogP contribution is -2.30. The van der Waals surface area contributed by atoms with Gasteiger partial charge in [-0.25, -0.2) is 0 Å². The summed E-state index contributed by atoms with van der Waals surface area (Å²) in [5.41, 5.74) is 5.75. The van der Waals surface area contributed by atoms with Gasteiger partial charge in [0.25, 0.3) is 0 Å². The van der Waals surface area contributed by atoms with Gasteiger partial charge in [0.2, 0.25) is 0 Å². The smallest absolute Gasteiger partial charge is 0.368 e. The molecule has 0 spiro atoms. The van der Waals surface area contributed by atoms with Crippen molar-refractivity contribution in [3.63, 3.8) is 0 Å².